The minimum Gasteiger partial charge on any atom is -0.508 e. The van der Waals surface area contributed by atoms with Gasteiger partial charge in [0.05, 0.1) is 5.92 Å². The maximum Gasteiger partial charge on any atom is 0.404 e. The molecule has 1 aromatic rings. The second-order valence-electron chi connectivity index (χ2n) is 3.17. The minimum absolute atomic E-state index is 0.0269. The van der Waals surface area contributed by atoms with E-state index in [1.807, 2.05) is 5.32 Å². The summed E-state index contributed by atoms with van der Waals surface area (Å²) >= 11 is 0. The highest BCUT2D eigenvalue weighted by Gasteiger charge is 2.20. The fourth-order valence-corrected chi connectivity index (χ4v) is 1.24. The standard InChI is InChI=1S/C10H11NO5/c12-7-3-1-6(2-4-7)8(9(13)14)5-11-10(15)16/h1-4,8,11-12H,5H2,(H,13,14)(H,15,16)/t8-/m0/s1. The lowest BCUT2D eigenvalue weighted by atomic mass is 9.99. The monoisotopic (exact) mass is 225 g/mol. The zero-order chi connectivity index (χ0) is 12.1. The number of rotatable bonds is 4. The first-order valence-electron chi connectivity index (χ1n) is 4.49. The quantitative estimate of drug-likeness (QED) is 0.607. The molecule has 0 aromatic heterocycles. The summed E-state index contributed by atoms with van der Waals surface area (Å²) in [4.78, 5) is 21.2. The largest absolute Gasteiger partial charge is 0.508 e. The summed E-state index contributed by atoms with van der Waals surface area (Å²) in [5.74, 6) is -2.06. The normalized spacial score (nSPS) is 11.8. The Labute approximate surface area is 91.1 Å². The Kier molecular flexibility index (Phi) is 3.71. The van der Waals surface area contributed by atoms with Crippen LogP contribution in [0.4, 0.5) is 4.79 Å². The van der Waals surface area contributed by atoms with Crippen LogP contribution >= 0.6 is 0 Å². The molecular formula is C10H11NO5. The van der Waals surface area contributed by atoms with Gasteiger partial charge in [-0.15, -0.1) is 0 Å². The van der Waals surface area contributed by atoms with E-state index in [2.05, 4.69) is 0 Å². The number of aliphatic carboxylic acids is 1. The van der Waals surface area contributed by atoms with Gasteiger partial charge >= 0.3 is 12.1 Å². The van der Waals surface area contributed by atoms with Gasteiger partial charge in [0, 0.05) is 6.54 Å². The molecule has 0 bridgehead atoms. The molecule has 0 fully saturated rings. The molecule has 1 atom stereocenters. The van der Waals surface area contributed by atoms with E-state index in [-0.39, 0.29) is 12.3 Å². The smallest absolute Gasteiger partial charge is 0.404 e. The summed E-state index contributed by atoms with van der Waals surface area (Å²) in [6, 6.07) is 5.59. The molecule has 0 saturated heterocycles. The highest BCUT2D eigenvalue weighted by atomic mass is 16.4. The molecule has 0 aliphatic rings. The predicted molar refractivity (Wildman–Crippen MR) is 54.5 cm³/mol. The summed E-state index contributed by atoms with van der Waals surface area (Å²) in [6.45, 7) is -0.213. The van der Waals surface area contributed by atoms with Crippen molar-refractivity contribution < 1.29 is 24.9 Å². The molecule has 0 heterocycles. The Morgan fingerprint density at radius 2 is 1.75 bits per heavy atom. The lowest BCUT2D eigenvalue weighted by Crippen LogP contribution is -2.30. The second kappa shape index (κ2) is 5.01. The van der Waals surface area contributed by atoms with E-state index in [1.54, 1.807) is 0 Å². The van der Waals surface area contributed by atoms with Gasteiger partial charge in [0.25, 0.3) is 0 Å². The summed E-state index contributed by atoms with van der Waals surface area (Å²) < 4.78 is 0. The topological polar surface area (TPSA) is 107 Å². The number of aromatic hydroxyl groups is 1. The Morgan fingerprint density at radius 1 is 1.19 bits per heavy atom. The molecule has 0 saturated carbocycles. The number of phenols is 1. The van der Waals surface area contributed by atoms with Crippen molar-refractivity contribution in [3.8, 4) is 5.75 Å². The molecule has 6 nitrogen and oxygen atoms in total. The number of carboxylic acids is 1. The minimum atomic E-state index is -1.27. The lowest BCUT2D eigenvalue weighted by molar-refractivity contribution is -0.138. The summed E-state index contributed by atoms with van der Waals surface area (Å²) in [5, 5.41) is 28.4. The Bertz CT molecular complexity index is 387. The highest BCUT2D eigenvalue weighted by molar-refractivity contribution is 5.77. The molecule has 0 unspecified atom stereocenters. The van der Waals surface area contributed by atoms with Crippen molar-refractivity contribution in [1.29, 1.82) is 0 Å². The molecule has 6 heteroatoms. The predicted octanol–water partition coefficient (Wildman–Crippen LogP) is 0.828. The maximum absolute atomic E-state index is 10.9. The van der Waals surface area contributed by atoms with E-state index >= 15 is 0 Å². The first-order chi connectivity index (χ1) is 7.50. The van der Waals surface area contributed by atoms with E-state index < -0.39 is 18.0 Å². The molecule has 1 rings (SSSR count). The van der Waals surface area contributed by atoms with Gasteiger partial charge < -0.3 is 20.6 Å². The van der Waals surface area contributed by atoms with Crippen LogP contribution in [0.25, 0.3) is 0 Å². The first-order valence-corrected chi connectivity index (χ1v) is 4.49. The van der Waals surface area contributed by atoms with E-state index in [4.69, 9.17) is 15.3 Å². The zero-order valence-electron chi connectivity index (χ0n) is 8.25. The molecule has 4 N–H and O–H groups in total. The lowest BCUT2D eigenvalue weighted by Gasteiger charge is -2.12. The van der Waals surface area contributed by atoms with Gasteiger partial charge in [-0.25, -0.2) is 4.79 Å². The van der Waals surface area contributed by atoms with Crippen LogP contribution in [0.1, 0.15) is 11.5 Å². The van der Waals surface area contributed by atoms with Crippen molar-refractivity contribution in [3.63, 3.8) is 0 Å². The van der Waals surface area contributed by atoms with Crippen LogP contribution in [-0.4, -0.2) is 33.9 Å². The maximum atomic E-state index is 10.9. The third kappa shape index (κ3) is 3.16. The van der Waals surface area contributed by atoms with Crippen molar-refractivity contribution >= 4 is 12.1 Å². The van der Waals surface area contributed by atoms with E-state index in [1.165, 1.54) is 24.3 Å². The Hall–Kier alpha value is -2.24. The summed E-state index contributed by atoms with van der Waals surface area (Å²) in [7, 11) is 0. The van der Waals surface area contributed by atoms with Crippen LogP contribution in [0, 0.1) is 0 Å². The molecule has 0 spiro atoms. The third-order valence-corrected chi connectivity index (χ3v) is 2.05. The fraction of sp³-hybridized carbons (Fsp3) is 0.200. The average molecular weight is 225 g/mol. The van der Waals surface area contributed by atoms with Gasteiger partial charge in [-0.05, 0) is 17.7 Å². The molecule has 0 aliphatic carbocycles. The van der Waals surface area contributed by atoms with Crippen LogP contribution < -0.4 is 5.32 Å². The molecule has 1 aromatic carbocycles. The fourth-order valence-electron chi connectivity index (χ4n) is 1.24. The molecule has 16 heavy (non-hydrogen) atoms. The van der Waals surface area contributed by atoms with E-state index in [9.17, 15) is 9.59 Å². The highest BCUT2D eigenvalue weighted by Crippen LogP contribution is 2.18. The molecular weight excluding hydrogens is 214 g/mol. The van der Waals surface area contributed by atoms with Crippen molar-refractivity contribution in [3.05, 3.63) is 29.8 Å². The Balaban J connectivity index is 2.81. The zero-order valence-corrected chi connectivity index (χ0v) is 8.25. The molecule has 0 radical (unpaired) electrons. The number of benzene rings is 1. The average Bonchev–Trinajstić information content (AvgIpc) is 2.20. The van der Waals surface area contributed by atoms with E-state index in [0.29, 0.717) is 5.56 Å². The number of hydrogen-bond donors (Lipinski definition) is 4. The van der Waals surface area contributed by atoms with Crippen molar-refractivity contribution in [1.82, 2.24) is 5.32 Å². The number of carbonyl (C=O) groups is 2. The number of nitrogens with one attached hydrogen (secondary N) is 1. The van der Waals surface area contributed by atoms with Crippen molar-refractivity contribution in [2.45, 2.75) is 5.92 Å². The number of carboxylic acid groups (broad SMARTS) is 2. The van der Waals surface area contributed by atoms with Crippen LogP contribution in [0.15, 0.2) is 24.3 Å². The third-order valence-electron chi connectivity index (χ3n) is 2.05. The molecule has 86 valence electrons. The molecule has 1 amide bonds. The van der Waals surface area contributed by atoms with Crippen LogP contribution in [0.3, 0.4) is 0 Å². The van der Waals surface area contributed by atoms with Gasteiger partial charge in [-0.1, -0.05) is 12.1 Å². The number of hydrogen-bond acceptors (Lipinski definition) is 3. The van der Waals surface area contributed by atoms with Crippen LogP contribution in [0.5, 0.6) is 5.75 Å². The SMILES string of the molecule is O=C(O)NC[C@H](C(=O)O)c1ccc(O)cc1. The van der Waals surface area contributed by atoms with Crippen LogP contribution in [0.2, 0.25) is 0 Å². The van der Waals surface area contributed by atoms with Gasteiger partial charge in [-0.2, -0.15) is 0 Å². The van der Waals surface area contributed by atoms with Crippen molar-refractivity contribution in [2.75, 3.05) is 6.54 Å². The van der Waals surface area contributed by atoms with Gasteiger partial charge in [0.2, 0.25) is 0 Å². The van der Waals surface area contributed by atoms with Gasteiger partial charge in [-0.3, -0.25) is 4.79 Å². The van der Waals surface area contributed by atoms with Gasteiger partial charge in [0.1, 0.15) is 5.75 Å². The molecule has 0 aliphatic heterocycles. The Morgan fingerprint density at radius 3 is 2.19 bits per heavy atom. The van der Waals surface area contributed by atoms with E-state index in [0.717, 1.165) is 0 Å². The summed E-state index contributed by atoms with van der Waals surface area (Å²) in [6.07, 6.45) is -1.27. The van der Waals surface area contributed by atoms with Crippen LogP contribution in [-0.2, 0) is 4.79 Å². The first kappa shape index (κ1) is 11.8. The van der Waals surface area contributed by atoms with Crippen molar-refractivity contribution in [2.24, 2.45) is 0 Å². The second-order valence-corrected chi connectivity index (χ2v) is 3.17. The number of amides is 1. The number of phenolic OH excluding ortho intramolecular Hbond substituents is 1. The summed E-state index contributed by atoms with van der Waals surface area (Å²) in [5.41, 5.74) is 0.430. The van der Waals surface area contributed by atoms with Gasteiger partial charge in [0.15, 0.2) is 0 Å².